The van der Waals surface area contributed by atoms with E-state index in [1.807, 2.05) is 0 Å². The van der Waals surface area contributed by atoms with Crippen LogP contribution in [0.2, 0.25) is 0 Å². The molecule has 0 spiro atoms. The van der Waals surface area contributed by atoms with E-state index in [2.05, 4.69) is 31.8 Å². The largest absolute Gasteiger partial charge is 0.445 e. The molecular formula is C7H10N4O2. The van der Waals surface area contributed by atoms with Crippen LogP contribution in [0, 0.1) is 0 Å². The molecule has 1 amide bonds. The van der Waals surface area contributed by atoms with E-state index >= 15 is 0 Å². The molecule has 0 saturated heterocycles. The van der Waals surface area contributed by atoms with Gasteiger partial charge in [0.05, 0.1) is 6.54 Å². The SMILES string of the molecule is C=CCOC(=O)NCc1ncn[nH]1. The van der Waals surface area contributed by atoms with Gasteiger partial charge < -0.3 is 10.1 Å². The third kappa shape index (κ3) is 3.37. The van der Waals surface area contributed by atoms with Crippen molar-refractivity contribution >= 4 is 6.09 Å². The van der Waals surface area contributed by atoms with Crippen LogP contribution in [-0.2, 0) is 11.3 Å². The number of carbonyl (C=O) groups is 1. The predicted molar refractivity (Wildman–Crippen MR) is 44.8 cm³/mol. The maximum Gasteiger partial charge on any atom is 0.407 e. The summed E-state index contributed by atoms with van der Waals surface area (Å²) in [5, 5.41) is 8.69. The summed E-state index contributed by atoms with van der Waals surface area (Å²) in [4.78, 5) is 14.7. The predicted octanol–water partition coefficient (Wildman–Crippen LogP) is 0.217. The molecule has 0 bridgehead atoms. The van der Waals surface area contributed by atoms with Crippen LogP contribution in [0.4, 0.5) is 4.79 Å². The van der Waals surface area contributed by atoms with Gasteiger partial charge in [-0.05, 0) is 0 Å². The van der Waals surface area contributed by atoms with E-state index in [4.69, 9.17) is 0 Å². The van der Waals surface area contributed by atoms with Gasteiger partial charge in [-0.25, -0.2) is 9.78 Å². The number of ether oxygens (including phenoxy) is 1. The Kier molecular flexibility index (Phi) is 3.49. The number of hydrogen-bond donors (Lipinski definition) is 2. The number of aromatic amines is 1. The lowest BCUT2D eigenvalue weighted by Gasteiger charge is -2.01. The van der Waals surface area contributed by atoms with Gasteiger partial charge in [0.1, 0.15) is 18.8 Å². The molecule has 0 radical (unpaired) electrons. The molecule has 0 atom stereocenters. The van der Waals surface area contributed by atoms with Crippen molar-refractivity contribution in [2.75, 3.05) is 6.61 Å². The number of nitrogens with one attached hydrogen (secondary N) is 2. The van der Waals surface area contributed by atoms with Crippen molar-refractivity contribution in [3.05, 3.63) is 24.8 Å². The van der Waals surface area contributed by atoms with Gasteiger partial charge in [0, 0.05) is 0 Å². The van der Waals surface area contributed by atoms with E-state index in [0.29, 0.717) is 5.82 Å². The highest BCUT2D eigenvalue weighted by Crippen LogP contribution is 1.85. The van der Waals surface area contributed by atoms with Gasteiger partial charge in [-0.2, -0.15) is 5.10 Å². The van der Waals surface area contributed by atoms with E-state index in [0.717, 1.165) is 0 Å². The first-order valence-corrected chi connectivity index (χ1v) is 3.68. The first kappa shape index (κ1) is 9.24. The topological polar surface area (TPSA) is 79.9 Å². The Hall–Kier alpha value is -1.85. The molecule has 0 aliphatic rings. The van der Waals surface area contributed by atoms with Gasteiger partial charge in [0.15, 0.2) is 0 Å². The lowest BCUT2D eigenvalue weighted by molar-refractivity contribution is 0.157. The lowest BCUT2D eigenvalue weighted by atomic mass is 10.6. The highest BCUT2D eigenvalue weighted by atomic mass is 16.5. The molecule has 1 aromatic rings. The van der Waals surface area contributed by atoms with E-state index in [1.54, 1.807) is 0 Å². The average molecular weight is 182 g/mol. The zero-order chi connectivity index (χ0) is 9.52. The second kappa shape index (κ2) is 4.91. The Balaban J connectivity index is 2.19. The van der Waals surface area contributed by atoms with E-state index < -0.39 is 6.09 Å². The minimum Gasteiger partial charge on any atom is -0.445 e. The van der Waals surface area contributed by atoms with Crippen molar-refractivity contribution < 1.29 is 9.53 Å². The fourth-order valence-corrected chi connectivity index (χ4v) is 0.658. The van der Waals surface area contributed by atoms with Crippen LogP contribution in [0.1, 0.15) is 5.82 Å². The van der Waals surface area contributed by atoms with Crippen molar-refractivity contribution in [2.24, 2.45) is 0 Å². The fourth-order valence-electron chi connectivity index (χ4n) is 0.658. The standard InChI is InChI=1S/C7H10N4O2/c1-2-3-13-7(12)8-4-6-9-5-10-11-6/h2,5H,1,3-4H2,(H,8,12)(H,9,10,11). The summed E-state index contributed by atoms with van der Waals surface area (Å²) in [7, 11) is 0. The van der Waals surface area contributed by atoms with Crippen molar-refractivity contribution in [1.82, 2.24) is 20.5 Å². The van der Waals surface area contributed by atoms with Gasteiger partial charge in [-0.1, -0.05) is 12.7 Å². The molecule has 1 rings (SSSR count). The molecule has 1 aromatic heterocycles. The number of aromatic nitrogens is 3. The molecule has 13 heavy (non-hydrogen) atoms. The summed E-state index contributed by atoms with van der Waals surface area (Å²) >= 11 is 0. The monoisotopic (exact) mass is 182 g/mol. The Bertz CT molecular complexity index is 270. The Morgan fingerprint density at radius 2 is 2.69 bits per heavy atom. The second-order valence-electron chi connectivity index (χ2n) is 2.17. The number of rotatable bonds is 4. The third-order valence-electron chi connectivity index (χ3n) is 1.20. The molecule has 1 heterocycles. The summed E-state index contributed by atoms with van der Waals surface area (Å²) < 4.78 is 4.66. The minimum absolute atomic E-state index is 0.197. The van der Waals surface area contributed by atoms with Gasteiger partial charge in [0.2, 0.25) is 0 Å². The summed E-state index contributed by atoms with van der Waals surface area (Å²) in [6, 6.07) is 0. The maximum absolute atomic E-state index is 10.9. The highest BCUT2D eigenvalue weighted by Gasteiger charge is 2.01. The van der Waals surface area contributed by atoms with Crippen LogP contribution >= 0.6 is 0 Å². The molecule has 6 nitrogen and oxygen atoms in total. The summed E-state index contributed by atoms with van der Waals surface area (Å²) in [6.45, 7) is 3.88. The number of hydrogen-bond acceptors (Lipinski definition) is 4. The smallest absolute Gasteiger partial charge is 0.407 e. The van der Waals surface area contributed by atoms with Crippen molar-refractivity contribution in [3.63, 3.8) is 0 Å². The third-order valence-corrected chi connectivity index (χ3v) is 1.20. The van der Waals surface area contributed by atoms with Gasteiger partial charge in [0.25, 0.3) is 0 Å². The molecular weight excluding hydrogens is 172 g/mol. The quantitative estimate of drug-likeness (QED) is 0.652. The number of nitrogens with zero attached hydrogens (tertiary/aromatic N) is 2. The second-order valence-corrected chi connectivity index (χ2v) is 2.17. The van der Waals surface area contributed by atoms with Crippen LogP contribution in [0.3, 0.4) is 0 Å². The lowest BCUT2D eigenvalue weighted by Crippen LogP contribution is -2.24. The van der Waals surface area contributed by atoms with Crippen LogP contribution < -0.4 is 5.32 Å². The molecule has 0 aromatic carbocycles. The summed E-state index contributed by atoms with van der Waals surface area (Å²) in [5.41, 5.74) is 0. The van der Waals surface area contributed by atoms with Crippen LogP contribution in [0.5, 0.6) is 0 Å². The van der Waals surface area contributed by atoms with E-state index in [-0.39, 0.29) is 13.2 Å². The highest BCUT2D eigenvalue weighted by molar-refractivity contribution is 5.67. The van der Waals surface area contributed by atoms with Crippen molar-refractivity contribution in [1.29, 1.82) is 0 Å². The fraction of sp³-hybridized carbons (Fsp3) is 0.286. The minimum atomic E-state index is -0.503. The van der Waals surface area contributed by atoms with Crippen molar-refractivity contribution in [2.45, 2.75) is 6.54 Å². The van der Waals surface area contributed by atoms with Crippen LogP contribution in [-0.4, -0.2) is 27.9 Å². The number of amides is 1. The summed E-state index contributed by atoms with van der Waals surface area (Å²) in [6.07, 6.45) is 2.36. The van der Waals surface area contributed by atoms with Gasteiger partial charge in [-0.15, -0.1) is 0 Å². The van der Waals surface area contributed by atoms with Crippen LogP contribution in [0.25, 0.3) is 0 Å². The van der Waals surface area contributed by atoms with Crippen molar-refractivity contribution in [3.8, 4) is 0 Å². The number of alkyl carbamates (subject to hydrolysis) is 1. The first-order valence-electron chi connectivity index (χ1n) is 3.68. The number of H-pyrrole nitrogens is 1. The molecule has 0 aliphatic carbocycles. The Morgan fingerprint density at radius 3 is 3.31 bits per heavy atom. The molecule has 2 N–H and O–H groups in total. The molecule has 0 saturated carbocycles. The average Bonchev–Trinajstić information content (AvgIpc) is 2.64. The first-order chi connectivity index (χ1) is 6.33. The van der Waals surface area contributed by atoms with Gasteiger partial charge in [-0.3, -0.25) is 5.10 Å². The van der Waals surface area contributed by atoms with E-state index in [1.165, 1.54) is 12.4 Å². The Morgan fingerprint density at radius 1 is 1.85 bits per heavy atom. The molecule has 0 fully saturated rings. The van der Waals surface area contributed by atoms with E-state index in [9.17, 15) is 4.79 Å². The van der Waals surface area contributed by atoms with Gasteiger partial charge >= 0.3 is 6.09 Å². The molecule has 0 unspecified atom stereocenters. The van der Waals surface area contributed by atoms with Crippen LogP contribution in [0.15, 0.2) is 19.0 Å². The Labute approximate surface area is 75.0 Å². The molecule has 0 aliphatic heterocycles. The zero-order valence-corrected chi connectivity index (χ0v) is 6.99. The molecule has 70 valence electrons. The normalized spacial score (nSPS) is 9.23. The molecule has 6 heteroatoms. The maximum atomic E-state index is 10.9. The number of carbonyl (C=O) groups excluding carboxylic acids is 1. The summed E-state index contributed by atoms with van der Waals surface area (Å²) in [5.74, 6) is 0.579. The zero-order valence-electron chi connectivity index (χ0n) is 6.99.